The van der Waals surface area contributed by atoms with E-state index in [1.54, 1.807) is 13.8 Å². The second-order valence-corrected chi connectivity index (χ2v) is 3.13. The van der Waals surface area contributed by atoms with Crippen LogP contribution in [0, 0.1) is 5.41 Å². The van der Waals surface area contributed by atoms with Crippen LogP contribution < -0.4 is 16.8 Å². The van der Waals surface area contributed by atoms with Crippen LogP contribution >= 0.6 is 0 Å². The number of nitrogens with two attached hydrogens (primary N) is 2. The summed E-state index contributed by atoms with van der Waals surface area (Å²) in [4.78, 5) is 11.2. The first-order valence-electron chi connectivity index (χ1n) is 3.73. The van der Waals surface area contributed by atoms with Gasteiger partial charge in [0, 0.05) is 19.6 Å². The van der Waals surface area contributed by atoms with Crippen molar-refractivity contribution in [3.05, 3.63) is 0 Å². The number of hydrogen-bond donors (Lipinski definition) is 3. The Hall–Kier alpha value is -0.610. The van der Waals surface area contributed by atoms with Gasteiger partial charge in [-0.1, -0.05) is 0 Å². The van der Waals surface area contributed by atoms with Crippen LogP contribution in [0.15, 0.2) is 0 Å². The van der Waals surface area contributed by atoms with E-state index < -0.39 is 5.41 Å². The van der Waals surface area contributed by atoms with Gasteiger partial charge in [0.25, 0.3) is 0 Å². The number of amides is 1. The van der Waals surface area contributed by atoms with Crippen molar-refractivity contribution in [1.82, 2.24) is 5.32 Å². The van der Waals surface area contributed by atoms with Crippen LogP contribution in [-0.4, -0.2) is 25.5 Å². The average molecular weight is 159 g/mol. The van der Waals surface area contributed by atoms with Crippen molar-refractivity contribution in [2.75, 3.05) is 19.6 Å². The summed E-state index contributed by atoms with van der Waals surface area (Å²) in [5, 5.41) is 2.68. The Balaban J connectivity index is 3.82. The molecular formula is C7H17N3O. The summed E-state index contributed by atoms with van der Waals surface area (Å²) in [5.41, 5.74) is 10.1. The van der Waals surface area contributed by atoms with Crippen molar-refractivity contribution in [3.63, 3.8) is 0 Å². The molecule has 0 unspecified atom stereocenters. The van der Waals surface area contributed by atoms with Crippen molar-refractivity contribution >= 4 is 5.91 Å². The first-order valence-corrected chi connectivity index (χ1v) is 3.73. The quantitative estimate of drug-likeness (QED) is 0.494. The summed E-state index contributed by atoms with van der Waals surface area (Å²) in [6.07, 6.45) is 0. The van der Waals surface area contributed by atoms with E-state index in [4.69, 9.17) is 11.5 Å². The number of carbonyl (C=O) groups excluding carboxylic acids is 1. The van der Waals surface area contributed by atoms with Crippen LogP contribution in [0.4, 0.5) is 0 Å². The van der Waals surface area contributed by atoms with Crippen molar-refractivity contribution < 1.29 is 4.79 Å². The summed E-state index contributed by atoms with van der Waals surface area (Å²) >= 11 is 0. The molecular weight excluding hydrogens is 142 g/mol. The van der Waals surface area contributed by atoms with Crippen LogP contribution in [-0.2, 0) is 4.79 Å². The minimum absolute atomic E-state index is 0.0366. The van der Waals surface area contributed by atoms with E-state index in [-0.39, 0.29) is 5.91 Å². The van der Waals surface area contributed by atoms with Crippen LogP contribution in [0.25, 0.3) is 0 Å². The highest BCUT2D eigenvalue weighted by Crippen LogP contribution is 2.11. The van der Waals surface area contributed by atoms with Gasteiger partial charge >= 0.3 is 0 Å². The molecule has 0 radical (unpaired) electrons. The normalized spacial score (nSPS) is 11.3. The number of hydrogen-bond acceptors (Lipinski definition) is 3. The van der Waals surface area contributed by atoms with Crippen LogP contribution in [0.5, 0.6) is 0 Å². The lowest BCUT2D eigenvalue weighted by Crippen LogP contribution is -2.43. The molecule has 11 heavy (non-hydrogen) atoms. The summed E-state index contributed by atoms with van der Waals surface area (Å²) in [6.45, 7) is 4.94. The highest BCUT2D eigenvalue weighted by atomic mass is 16.2. The zero-order valence-electron chi connectivity index (χ0n) is 7.18. The first kappa shape index (κ1) is 10.4. The zero-order chi connectivity index (χ0) is 8.91. The molecule has 1 amide bonds. The molecule has 66 valence electrons. The molecule has 0 heterocycles. The van der Waals surface area contributed by atoms with E-state index in [0.717, 1.165) is 0 Å². The summed E-state index contributed by atoms with van der Waals surface area (Å²) in [7, 11) is 0. The standard InChI is InChI=1S/C7H17N3O/c1-7(2,5-9)6(11)10-4-3-8/h3-5,8-9H2,1-2H3,(H,10,11). The second-order valence-electron chi connectivity index (χ2n) is 3.13. The molecule has 0 aromatic carbocycles. The van der Waals surface area contributed by atoms with Gasteiger partial charge in [-0.25, -0.2) is 0 Å². The van der Waals surface area contributed by atoms with Crippen LogP contribution in [0.3, 0.4) is 0 Å². The van der Waals surface area contributed by atoms with E-state index in [0.29, 0.717) is 19.6 Å². The maximum absolute atomic E-state index is 11.2. The molecule has 0 saturated heterocycles. The minimum Gasteiger partial charge on any atom is -0.354 e. The summed E-state index contributed by atoms with van der Waals surface area (Å²) in [5.74, 6) is -0.0366. The molecule has 0 spiro atoms. The molecule has 0 rings (SSSR count). The van der Waals surface area contributed by atoms with Gasteiger partial charge in [-0.2, -0.15) is 0 Å². The molecule has 0 aromatic rings. The largest absolute Gasteiger partial charge is 0.354 e. The van der Waals surface area contributed by atoms with E-state index >= 15 is 0 Å². The van der Waals surface area contributed by atoms with Gasteiger partial charge in [-0.05, 0) is 13.8 Å². The van der Waals surface area contributed by atoms with Gasteiger partial charge in [0.1, 0.15) is 0 Å². The molecule has 5 N–H and O–H groups in total. The number of rotatable bonds is 4. The Morgan fingerprint density at radius 2 is 2.00 bits per heavy atom. The fraction of sp³-hybridized carbons (Fsp3) is 0.857. The summed E-state index contributed by atoms with van der Waals surface area (Å²) < 4.78 is 0. The lowest BCUT2D eigenvalue weighted by molar-refractivity contribution is -0.128. The van der Waals surface area contributed by atoms with Crippen molar-refractivity contribution in [2.24, 2.45) is 16.9 Å². The van der Waals surface area contributed by atoms with Crippen LogP contribution in [0.2, 0.25) is 0 Å². The van der Waals surface area contributed by atoms with Gasteiger partial charge in [-0.15, -0.1) is 0 Å². The maximum atomic E-state index is 11.2. The lowest BCUT2D eigenvalue weighted by atomic mass is 9.93. The fourth-order valence-electron chi connectivity index (χ4n) is 0.518. The molecule has 0 atom stereocenters. The molecule has 0 saturated carbocycles. The molecule has 4 nitrogen and oxygen atoms in total. The Morgan fingerprint density at radius 3 is 2.36 bits per heavy atom. The molecule has 0 aliphatic heterocycles. The predicted molar refractivity (Wildman–Crippen MR) is 44.9 cm³/mol. The smallest absolute Gasteiger partial charge is 0.226 e. The average Bonchev–Trinajstić information content (AvgIpc) is 2.00. The number of carbonyl (C=O) groups is 1. The predicted octanol–water partition coefficient (Wildman–Crippen LogP) is -0.954. The van der Waals surface area contributed by atoms with E-state index in [2.05, 4.69) is 5.32 Å². The summed E-state index contributed by atoms with van der Waals surface area (Å²) in [6, 6.07) is 0. The third kappa shape index (κ3) is 3.34. The van der Waals surface area contributed by atoms with Gasteiger partial charge in [0.2, 0.25) is 5.91 Å². The van der Waals surface area contributed by atoms with Crippen molar-refractivity contribution in [2.45, 2.75) is 13.8 Å². The maximum Gasteiger partial charge on any atom is 0.226 e. The molecule has 0 aliphatic rings. The van der Waals surface area contributed by atoms with E-state index in [1.807, 2.05) is 0 Å². The first-order chi connectivity index (χ1) is 5.04. The third-order valence-electron chi connectivity index (χ3n) is 1.55. The van der Waals surface area contributed by atoms with Crippen molar-refractivity contribution in [1.29, 1.82) is 0 Å². The van der Waals surface area contributed by atoms with Gasteiger partial charge < -0.3 is 16.8 Å². The fourth-order valence-corrected chi connectivity index (χ4v) is 0.518. The molecule has 0 fully saturated rings. The molecule has 0 aromatic heterocycles. The van der Waals surface area contributed by atoms with E-state index in [9.17, 15) is 4.79 Å². The monoisotopic (exact) mass is 159 g/mol. The molecule has 4 heteroatoms. The van der Waals surface area contributed by atoms with Gasteiger partial charge in [-0.3, -0.25) is 4.79 Å². The highest BCUT2D eigenvalue weighted by molar-refractivity contribution is 5.81. The molecule has 0 bridgehead atoms. The third-order valence-corrected chi connectivity index (χ3v) is 1.55. The molecule has 0 aliphatic carbocycles. The SMILES string of the molecule is CC(C)(CN)C(=O)NCCN. The lowest BCUT2D eigenvalue weighted by Gasteiger charge is -2.20. The number of nitrogens with one attached hydrogen (secondary N) is 1. The zero-order valence-corrected chi connectivity index (χ0v) is 7.18. The second kappa shape index (κ2) is 4.31. The minimum atomic E-state index is -0.477. The Morgan fingerprint density at radius 1 is 1.45 bits per heavy atom. The Labute approximate surface area is 67.3 Å². The van der Waals surface area contributed by atoms with Crippen LogP contribution in [0.1, 0.15) is 13.8 Å². The Bertz CT molecular complexity index is 134. The van der Waals surface area contributed by atoms with E-state index in [1.165, 1.54) is 0 Å². The van der Waals surface area contributed by atoms with Gasteiger partial charge in [0.05, 0.1) is 5.41 Å². The van der Waals surface area contributed by atoms with Crippen molar-refractivity contribution in [3.8, 4) is 0 Å². The highest BCUT2D eigenvalue weighted by Gasteiger charge is 2.24. The topological polar surface area (TPSA) is 81.1 Å². The Kier molecular flexibility index (Phi) is 4.07. The van der Waals surface area contributed by atoms with Gasteiger partial charge in [0.15, 0.2) is 0 Å².